The summed E-state index contributed by atoms with van der Waals surface area (Å²) in [5.74, 6) is -0.195. The van der Waals surface area contributed by atoms with E-state index >= 15 is 0 Å². The van der Waals surface area contributed by atoms with E-state index in [2.05, 4.69) is 33.5 Å². The summed E-state index contributed by atoms with van der Waals surface area (Å²) in [6, 6.07) is 7.78. The van der Waals surface area contributed by atoms with Gasteiger partial charge in [0.15, 0.2) is 0 Å². The molecule has 1 rings (SSSR count). The third-order valence-corrected chi connectivity index (χ3v) is 5.08. The molecule has 5 heteroatoms. The average Bonchev–Trinajstić information content (AvgIpc) is 2.46. The molecule has 0 saturated heterocycles. The maximum Gasteiger partial charge on any atom is 0.234 e. The quantitative estimate of drug-likeness (QED) is 0.754. The Bertz CT molecular complexity index is 506. The predicted molar refractivity (Wildman–Crippen MR) is 94.2 cm³/mol. The maximum absolute atomic E-state index is 11.9. The maximum atomic E-state index is 11.9. The standard InChI is InChI=1S/C17H25BrN2O2/c1-5-12-6-8-13(9-7-12)20-14(21)10-11-19-16(22)15(18)17(2,3)4/h6-9,15H,5,10-11H2,1-4H3,(H,19,22)(H,20,21)/t15-/m1/s1. The van der Waals surface area contributed by atoms with Crippen molar-refractivity contribution < 1.29 is 9.59 Å². The number of benzene rings is 1. The molecule has 0 bridgehead atoms. The van der Waals surface area contributed by atoms with Crippen LogP contribution in [0.4, 0.5) is 5.69 Å². The van der Waals surface area contributed by atoms with E-state index in [0.717, 1.165) is 12.1 Å². The van der Waals surface area contributed by atoms with Crippen LogP contribution in [0, 0.1) is 5.41 Å². The Hall–Kier alpha value is -1.36. The first-order chi connectivity index (χ1) is 10.2. The zero-order valence-corrected chi connectivity index (χ0v) is 15.3. The number of nitrogens with one attached hydrogen (secondary N) is 2. The van der Waals surface area contributed by atoms with Crippen molar-refractivity contribution in [1.82, 2.24) is 5.32 Å². The minimum Gasteiger partial charge on any atom is -0.355 e. The lowest BCUT2D eigenvalue weighted by Gasteiger charge is -2.24. The summed E-state index contributed by atoms with van der Waals surface area (Å²) in [5, 5.41) is 5.60. The van der Waals surface area contributed by atoms with E-state index in [1.165, 1.54) is 5.56 Å². The fourth-order valence-electron chi connectivity index (χ4n) is 1.83. The van der Waals surface area contributed by atoms with Crippen LogP contribution in [0.5, 0.6) is 0 Å². The topological polar surface area (TPSA) is 58.2 Å². The molecule has 0 aromatic heterocycles. The monoisotopic (exact) mass is 368 g/mol. The van der Waals surface area contributed by atoms with Crippen LogP contribution in [0.3, 0.4) is 0 Å². The van der Waals surface area contributed by atoms with Crippen LogP contribution < -0.4 is 10.6 Å². The number of hydrogen-bond acceptors (Lipinski definition) is 2. The smallest absolute Gasteiger partial charge is 0.234 e. The fourth-order valence-corrected chi connectivity index (χ4v) is 1.99. The first-order valence-corrected chi connectivity index (χ1v) is 8.46. The van der Waals surface area contributed by atoms with E-state index in [9.17, 15) is 9.59 Å². The van der Waals surface area contributed by atoms with Crippen molar-refractivity contribution in [3.63, 3.8) is 0 Å². The van der Waals surface area contributed by atoms with Gasteiger partial charge in [0.05, 0.1) is 4.83 Å². The minimum atomic E-state index is -0.273. The van der Waals surface area contributed by atoms with Crippen LogP contribution in [-0.2, 0) is 16.0 Å². The van der Waals surface area contributed by atoms with Gasteiger partial charge in [-0.1, -0.05) is 55.8 Å². The van der Waals surface area contributed by atoms with Crippen LogP contribution >= 0.6 is 15.9 Å². The highest BCUT2D eigenvalue weighted by Gasteiger charge is 2.28. The molecular weight excluding hydrogens is 344 g/mol. The Morgan fingerprint density at radius 2 is 1.77 bits per heavy atom. The van der Waals surface area contributed by atoms with E-state index in [0.29, 0.717) is 6.54 Å². The van der Waals surface area contributed by atoms with E-state index in [1.807, 2.05) is 45.0 Å². The van der Waals surface area contributed by atoms with E-state index in [-0.39, 0.29) is 28.5 Å². The molecular formula is C17H25BrN2O2. The van der Waals surface area contributed by atoms with Crippen molar-refractivity contribution >= 4 is 33.4 Å². The molecule has 4 nitrogen and oxygen atoms in total. The second-order valence-electron chi connectivity index (χ2n) is 6.37. The predicted octanol–water partition coefficient (Wildman–Crippen LogP) is 3.50. The van der Waals surface area contributed by atoms with Gasteiger partial charge in [-0.05, 0) is 29.5 Å². The lowest BCUT2D eigenvalue weighted by Crippen LogP contribution is -2.39. The molecule has 0 heterocycles. The number of amides is 2. The molecule has 0 radical (unpaired) electrons. The molecule has 0 aliphatic heterocycles. The Kier molecular flexibility index (Phi) is 7.07. The molecule has 0 spiro atoms. The van der Waals surface area contributed by atoms with Gasteiger partial charge >= 0.3 is 0 Å². The minimum absolute atomic E-state index is 0.0902. The molecule has 22 heavy (non-hydrogen) atoms. The first kappa shape index (κ1) is 18.7. The van der Waals surface area contributed by atoms with Gasteiger partial charge in [-0.15, -0.1) is 0 Å². The Balaban J connectivity index is 2.35. The summed E-state index contributed by atoms with van der Waals surface area (Å²) in [6.07, 6.45) is 1.23. The molecule has 0 fully saturated rings. The van der Waals surface area contributed by atoms with Gasteiger partial charge in [0.2, 0.25) is 11.8 Å². The average molecular weight is 369 g/mol. The summed E-state index contributed by atoms with van der Waals surface area (Å²) in [7, 11) is 0. The zero-order valence-electron chi connectivity index (χ0n) is 13.7. The Morgan fingerprint density at radius 1 is 1.18 bits per heavy atom. The highest BCUT2D eigenvalue weighted by atomic mass is 79.9. The molecule has 1 aromatic rings. The van der Waals surface area contributed by atoms with Crippen molar-refractivity contribution in [2.24, 2.45) is 5.41 Å². The molecule has 2 N–H and O–H groups in total. The summed E-state index contributed by atoms with van der Waals surface area (Å²) >= 11 is 3.39. The lowest BCUT2D eigenvalue weighted by molar-refractivity contribution is -0.122. The van der Waals surface area contributed by atoms with Gasteiger partial charge in [0, 0.05) is 18.7 Å². The van der Waals surface area contributed by atoms with Gasteiger partial charge in [-0.25, -0.2) is 0 Å². The number of anilines is 1. The van der Waals surface area contributed by atoms with Crippen molar-refractivity contribution in [1.29, 1.82) is 0 Å². The van der Waals surface area contributed by atoms with Crippen molar-refractivity contribution in [3.05, 3.63) is 29.8 Å². The van der Waals surface area contributed by atoms with Crippen LogP contribution in [0.1, 0.15) is 39.7 Å². The van der Waals surface area contributed by atoms with Gasteiger partial charge in [0.1, 0.15) is 0 Å². The van der Waals surface area contributed by atoms with Gasteiger partial charge in [-0.2, -0.15) is 0 Å². The summed E-state index contributed by atoms with van der Waals surface area (Å²) in [5.41, 5.74) is 1.85. The number of carbonyl (C=O) groups excluding carboxylic acids is 2. The molecule has 2 amide bonds. The van der Waals surface area contributed by atoms with Crippen LogP contribution in [0.25, 0.3) is 0 Å². The lowest BCUT2D eigenvalue weighted by atomic mass is 9.92. The molecule has 122 valence electrons. The normalized spacial score (nSPS) is 12.6. The van der Waals surface area contributed by atoms with Crippen molar-refractivity contribution in [2.45, 2.75) is 45.4 Å². The van der Waals surface area contributed by atoms with Gasteiger partial charge < -0.3 is 10.6 Å². The highest BCUT2D eigenvalue weighted by Crippen LogP contribution is 2.25. The Labute approximate surface area is 141 Å². The molecule has 0 aliphatic carbocycles. The van der Waals surface area contributed by atoms with Crippen molar-refractivity contribution in [2.75, 3.05) is 11.9 Å². The number of rotatable bonds is 6. The van der Waals surface area contributed by atoms with E-state index in [4.69, 9.17) is 0 Å². The number of hydrogen-bond donors (Lipinski definition) is 2. The third-order valence-electron chi connectivity index (χ3n) is 3.29. The van der Waals surface area contributed by atoms with Gasteiger partial charge in [0.25, 0.3) is 0 Å². The van der Waals surface area contributed by atoms with Crippen LogP contribution in [0.15, 0.2) is 24.3 Å². The number of halogens is 1. The van der Waals surface area contributed by atoms with Gasteiger partial charge in [-0.3, -0.25) is 9.59 Å². The first-order valence-electron chi connectivity index (χ1n) is 7.54. The molecule has 1 aromatic carbocycles. The SMILES string of the molecule is CCc1ccc(NC(=O)CCNC(=O)[C@@H](Br)C(C)(C)C)cc1. The molecule has 0 aliphatic rings. The second kappa shape index (κ2) is 8.32. The van der Waals surface area contributed by atoms with Crippen LogP contribution in [-0.4, -0.2) is 23.2 Å². The number of aryl methyl sites for hydroxylation is 1. The number of carbonyl (C=O) groups is 2. The highest BCUT2D eigenvalue weighted by molar-refractivity contribution is 9.10. The third kappa shape index (κ3) is 6.18. The fraction of sp³-hybridized carbons (Fsp3) is 0.529. The Morgan fingerprint density at radius 3 is 2.27 bits per heavy atom. The summed E-state index contributed by atoms with van der Waals surface area (Å²) in [4.78, 5) is 23.5. The largest absolute Gasteiger partial charge is 0.355 e. The second-order valence-corrected chi connectivity index (χ2v) is 7.28. The molecule has 0 saturated carbocycles. The summed E-state index contributed by atoms with van der Waals surface area (Å²) < 4.78 is 0. The number of alkyl halides is 1. The van der Waals surface area contributed by atoms with E-state index in [1.54, 1.807) is 0 Å². The summed E-state index contributed by atoms with van der Waals surface area (Å²) in [6.45, 7) is 8.37. The zero-order chi connectivity index (χ0) is 16.8. The molecule has 1 atom stereocenters. The van der Waals surface area contributed by atoms with Crippen LogP contribution in [0.2, 0.25) is 0 Å². The van der Waals surface area contributed by atoms with Crippen molar-refractivity contribution in [3.8, 4) is 0 Å². The molecule has 0 unspecified atom stereocenters. The van der Waals surface area contributed by atoms with E-state index < -0.39 is 0 Å².